The highest BCUT2D eigenvalue weighted by Crippen LogP contribution is 2.37. The van der Waals surface area contributed by atoms with Gasteiger partial charge in [0.2, 0.25) is 5.95 Å². The maximum Gasteiger partial charge on any atom is 0.252 e. The van der Waals surface area contributed by atoms with Crippen LogP contribution in [0.2, 0.25) is 10.0 Å². The number of nitrogens with zero attached hydrogens (tertiary/aromatic N) is 4. The van der Waals surface area contributed by atoms with E-state index in [2.05, 4.69) is 20.3 Å². The maximum atomic E-state index is 9.17. The van der Waals surface area contributed by atoms with Gasteiger partial charge in [-0.15, -0.1) is 0 Å². The zero-order chi connectivity index (χ0) is 18.5. The molecule has 0 unspecified atom stereocenters. The highest BCUT2D eigenvalue weighted by atomic mass is 35.5. The fourth-order valence-corrected chi connectivity index (χ4v) is 3.34. The van der Waals surface area contributed by atoms with E-state index >= 15 is 0 Å². The maximum absolute atomic E-state index is 9.17. The fourth-order valence-electron chi connectivity index (χ4n) is 1.94. The molecule has 1 aromatic heterocycles. The van der Waals surface area contributed by atoms with Gasteiger partial charge in [-0.2, -0.15) is 20.2 Å². The van der Waals surface area contributed by atoms with Gasteiger partial charge in [0.15, 0.2) is 5.16 Å². The summed E-state index contributed by atoms with van der Waals surface area (Å²) < 4.78 is 0. The Labute approximate surface area is 163 Å². The monoisotopic (exact) mass is 404 g/mol. The van der Waals surface area contributed by atoms with Crippen molar-refractivity contribution in [1.82, 2.24) is 15.0 Å². The van der Waals surface area contributed by atoms with Crippen LogP contribution in [0.25, 0.3) is 0 Å². The van der Waals surface area contributed by atoms with Crippen molar-refractivity contribution < 1.29 is 5.21 Å². The highest BCUT2D eigenvalue weighted by Gasteiger charge is 2.13. The van der Waals surface area contributed by atoms with Gasteiger partial charge in [0.1, 0.15) is 0 Å². The van der Waals surface area contributed by atoms with Crippen molar-refractivity contribution in [3.63, 3.8) is 0 Å². The molecule has 0 fully saturated rings. The number of nitrogens with one attached hydrogen (secondary N) is 2. The summed E-state index contributed by atoms with van der Waals surface area (Å²) in [5, 5.41) is 22.2. The summed E-state index contributed by atoms with van der Waals surface area (Å²) in [5.41, 5.74) is 3.11. The average molecular weight is 405 g/mol. The Morgan fingerprint density at radius 2 is 1.62 bits per heavy atom. The standard InChI is InChI=1S/C16H10Cl2N6OS/c17-11-2-1-3-12(18)13(11)26-16-22-14(21-15(23-16)24-25)20-10-6-4-9(8-19)5-7-10/h1-7,25H,(H2,20,21,22,23,24). The van der Waals surface area contributed by atoms with Crippen LogP contribution in [0.4, 0.5) is 17.6 Å². The van der Waals surface area contributed by atoms with Gasteiger partial charge in [0, 0.05) is 5.69 Å². The molecular weight excluding hydrogens is 395 g/mol. The second-order valence-corrected chi connectivity index (χ2v) is 6.64. The Morgan fingerprint density at radius 3 is 2.23 bits per heavy atom. The molecule has 0 saturated carbocycles. The van der Waals surface area contributed by atoms with Crippen LogP contribution in [-0.4, -0.2) is 20.2 Å². The lowest BCUT2D eigenvalue weighted by Gasteiger charge is -2.09. The Hall–Kier alpha value is -2.57. The molecule has 0 spiro atoms. The molecule has 10 heteroatoms. The summed E-state index contributed by atoms with van der Waals surface area (Å²) in [6, 6.07) is 13.9. The quantitative estimate of drug-likeness (QED) is 0.523. The van der Waals surface area contributed by atoms with E-state index in [1.54, 1.807) is 42.5 Å². The van der Waals surface area contributed by atoms with Crippen molar-refractivity contribution >= 4 is 52.5 Å². The first-order valence-electron chi connectivity index (χ1n) is 7.14. The Morgan fingerprint density at radius 1 is 0.962 bits per heavy atom. The van der Waals surface area contributed by atoms with Crippen LogP contribution in [0.15, 0.2) is 52.5 Å². The molecule has 26 heavy (non-hydrogen) atoms. The number of anilines is 3. The molecule has 130 valence electrons. The van der Waals surface area contributed by atoms with Gasteiger partial charge in [0.05, 0.1) is 26.6 Å². The van der Waals surface area contributed by atoms with Crippen molar-refractivity contribution in [3.8, 4) is 6.07 Å². The van der Waals surface area contributed by atoms with Crippen LogP contribution in [0.3, 0.4) is 0 Å². The Balaban J connectivity index is 1.90. The number of nitriles is 1. The van der Waals surface area contributed by atoms with E-state index in [4.69, 9.17) is 33.7 Å². The van der Waals surface area contributed by atoms with Crippen LogP contribution >= 0.6 is 35.0 Å². The van der Waals surface area contributed by atoms with Gasteiger partial charge in [-0.1, -0.05) is 29.3 Å². The zero-order valence-corrected chi connectivity index (χ0v) is 15.3. The minimum Gasteiger partial charge on any atom is -0.324 e. The predicted octanol–water partition coefficient (Wildman–Crippen LogP) is 4.75. The number of hydrogen-bond donors (Lipinski definition) is 3. The fraction of sp³-hybridized carbons (Fsp3) is 0. The molecular formula is C16H10Cl2N6OS. The molecule has 0 atom stereocenters. The first-order valence-corrected chi connectivity index (χ1v) is 8.71. The van der Waals surface area contributed by atoms with E-state index in [1.165, 1.54) is 0 Å². The van der Waals surface area contributed by atoms with Crippen molar-refractivity contribution in [3.05, 3.63) is 58.1 Å². The van der Waals surface area contributed by atoms with Gasteiger partial charge in [-0.3, -0.25) is 5.21 Å². The molecule has 1 heterocycles. The lowest BCUT2D eigenvalue weighted by Crippen LogP contribution is -2.05. The van der Waals surface area contributed by atoms with Gasteiger partial charge in [-0.25, -0.2) is 5.48 Å². The topological polar surface area (TPSA) is 107 Å². The molecule has 0 amide bonds. The molecule has 0 aliphatic rings. The molecule has 0 radical (unpaired) electrons. The summed E-state index contributed by atoms with van der Waals surface area (Å²) in [7, 11) is 0. The summed E-state index contributed by atoms with van der Waals surface area (Å²) >= 11 is 13.5. The third-order valence-electron chi connectivity index (χ3n) is 3.10. The van der Waals surface area contributed by atoms with E-state index in [1.807, 2.05) is 11.5 Å². The first kappa shape index (κ1) is 18.2. The molecule has 3 rings (SSSR count). The van der Waals surface area contributed by atoms with Crippen molar-refractivity contribution in [2.45, 2.75) is 10.1 Å². The highest BCUT2D eigenvalue weighted by molar-refractivity contribution is 7.99. The van der Waals surface area contributed by atoms with Crippen LogP contribution in [0.5, 0.6) is 0 Å². The second-order valence-electron chi connectivity index (χ2n) is 4.84. The van der Waals surface area contributed by atoms with Gasteiger partial charge in [0.25, 0.3) is 5.95 Å². The van der Waals surface area contributed by atoms with E-state index < -0.39 is 0 Å². The summed E-state index contributed by atoms with van der Waals surface area (Å²) in [6.45, 7) is 0. The Bertz CT molecular complexity index is 957. The molecule has 0 aliphatic heterocycles. The lowest BCUT2D eigenvalue weighted by atomic mass is 10.2. The predicted molar refractivity (Wildman–Crippen MR) is 100 cm³/mol. The molecule has 0 saturated heterocycles. The minimum atomic E-state index is -0.0400. The molecule has 3 aromatic rings. The van der Waals surface area contributed by atoms with Crippen molar-refractivity contribution in [2.75, 3.05) is 10.8 Å². The third-order valence-corrected chi connectivity index (χ3v) is 4.96. The SMILES string of the molecule is N#Cc1ccc(Nc2nc(NO)nc(Sc3c(Cl)cccc3Cl)n2)cc1. The van der Waals surface area contributed by atoms with Crippen LogP contribution in [0, 0.1) is 11.3 Å². The third kappa shape index (κ3) is 4.33. The molecule has 0 bridgehead atoms. The van der Waals surface area contributed by atoms with Gasteiger partial charge < -0.3 is 5.32 Å². The van der Waals surface area contributed by atoms with Crippen LogP contribution in [-0.2, 0) is 0 Å². The summed E-state index contributed by atoms with van der Waals surface area (Å²) in [6.07, 6.45) is 0. The summed E-state index contributed by atoms with van der Waals surface area (Å²) in [5.74, 6) is 0.161. The first-order chi connectivity index (χ1) is 12.6. The Kier molecular flexibility index (Phi) is 5.75. The van der Waals surface area contributed by atoms with E-state index in [0.29, 0.717) is 26.2 Å². The largest absolute Gasteiger partial charge is 0.324 e. The van der Waals surface area contributed by atoms with Crippen LogP contribution in [0.1, 0.15) is 5.56 Å². The minimum absolute atomic E-state index is 0.0400. The normalized spacial score (nSPS) is 10.2. The number of benzene rings is 2. The van der Waals surface area contributed by atoms with Crippen molar-refractivity contribution in [1.29, 1.82) is 5.26 Å². The number of halogens is 2. The number of aromatic nitrogens is 3. The van der Waals surface area contributed by atoms with E-state index in [-0.39, 0.29) is 17.1 Å². The van der Waals surface area contributed by atoms with Crippen LogP contribution < -0.4 is 10.8 Å². The summed E-state index contributed by atoms with van der Waals surface area (Å²) in [4.78, 5) is 13.0. The molecule has 0 aliphatic carbocycles. The van der Waals surface area contributed by atoms with E-state index in [9.17, 15) is 0 Å². The number of hydrogen-bond acceptors (Lipinski definition) is 8. The van der Waals surface area contributed by atoms with Gasteiger partial charge >= 0.3 is 0 Å². The number of rotatable bonds is 5. The lowest BCUT2D eigenvalue weighted by molar-refractivity contribution is 0.381. The molecule has 2 aromatic carbocycles. The average Bonchev–Trinajstić information content (AvgIpc) is 2.65. The van der Waals surface area contributed by atoms with Gasteiger partial charge in [-0.05, 0) is 48.2 Å². The smallest absolute Gasteiger partial charge is 0.252 e. The molecule has 3 N–H and O–H groups in total. The molecule has 7 nitrogen and oxygen atoms in total. The van der Waals surface area contributed by atoms with Crippen molar-refractivity contribution in [2.24, 2.45) is 0 Å². The second kappa shape index (κ2) is 8.21. The zero-order valence-electron chi connectivity index (χ0n) is 12.9. The van der Waals surface area contributed by atoms with E-state index in [0.717, 1.165) is 11.8 Å².